The molecule has 0 aromatic heterocycles. The van der Waals surface area contributed by atoms with Crippen molar-refractivity contribution in [1.82, 2.24) is 0 Å². The van der Waals surface area contributed by atoms with Crippen LogP contribution >= 0.6 is 0 Å². The van der Waals surface area contributed by atoms with Gasteiger partial charge in [0.1, 0.15) is 0 Å². The highest BCUT2D eigenvalue weighted by molar-refractivity contribution is 5.71. The summed E-state index contributed by atoms with van der Waals surface area (Å²) in [6, 6.07) is 0. The van der Waals surface area contributed by atoms with E-state index < -0.39 is 23.8 Å². The van der Waals surface area contributed by atoms with Crippen molar-refractivity contribution >= 4 is 11.9 Å². The predicted octanol–water partition coefficient (Wildman–Crippen LogP) is 1.84. The molecule has 0 aliphatic carbocycles. The second-order valence-electron chi connectivity index (χ2n) is 4.01. The Labute approximate surface area is 83.9 Å². The quantitative estimate of drug-likeness (QED) is 0.689. The van der Waals surface area contributed by atoms with E-state index in [9.17, 15) is 9.59 Å². The van der Waals surface area contributed by atoms with E-state index in [1.165, 1.54) is 0 Å². The molecule has 0 aliphatic rings. The topological polar surface area (TPSA) is 74.6 Å². The summed E-state index contributed by atoms with van der Waals surface area (Å²) in [6.45, 7) is 5.27. The molecule has 0 fully saturated rings. The third-order valence-electron chi connectivity index (χ3n) is 2.45. The molecule has 82 valence electrons. The number of carbonyl (C=O) groups is 2. The molecule has 0 saturated carbocycles. The monoisotopic (exact) mass is 202 g/mol. The molecular weight excluding hydrogens is 184 g/mol. The zero-order valence-electron chi connectivity index (χ0n) is 8.86. The SMILES string of the molecule is CC(C)[C@H](CC[C@@H](C)C(=O)O)C(=O)O. The lowest BCUT2D eigenvalue weighted by Gasteiger charge is -2.16. The van der Waals surface area contributed by atoms with Crippen LogP contribution in [-0.2, 0) is 9.59 Å². The second kappa shape index (κ2) is 5.62. The van der Waals surface area contributed by atoms with Gasteiger partial charge in [-0.25, -0.2) is 0 Å². The summed E-state index contributed by atoms with van der Waals surface area (Å²) in [5.74, 6) is -2.55. The van der Waals surface area contributed by atoms with Gasteiger partial charge >= 0.3 is 11.9 Å². The Morgan fingerprint density at radius 2 is 1.50 bits per heavy atom. The van der Waals surface area contributed by atoms with Crippen LogP contribution in [-0.4, -0.2) is 22.2 Å². The van der Waals surface area contributed by atoms with Gasteiger partial charge in [0.25, 0.3) is 0 Å². The van der Waals surface area contributed by atoms with Crippen molar-refractivity contribution in [2.24, 2.45) is 17.8 Å². The molecule has 0 unspecified atom stereocenters. The number of rotatable bonds is 6. The molecule has 0 radical (unpaired) electrons. The molecule has 0 saturated heterocycles. The zero-order chi connectivity index (χ0) is 11.3. The minimum Gasteiger partial charge on any atom is -0.481 e. The van der Waals surface area contributed by atoms with Crippen LogP contribution in [0.3, 0.4) is 0 Å². The Balaban J connectivity index is 4.07. The Morgan fingerprint density at radius 3 is 1.79 bits per heavy atom. The van der Waals surface area contributed by atoms with Crippen LogP contribution in [0.25, 0.3) is 0 Å². The first kappa shape index (κ1) is 12.9. The fourth-order valence-electron chi connectivity index (χ4n) is 1.29. The standard InChI is InChI=1S/C10H18O4/c1-6(2)8(10(13)14)5-4-7(3)9(11)12/h6-8H,4-5H2,1-3H3,(H,11,12)(H,13,14)/t7-,8+/m1/s1. The van der Waals surface area contributed by atoms with Crippen LogP contribution in [0.4, 0.5) is 0 Å². The molecule has 0 amide bonds. The minimum absolute atomic E-state index is 0.0495. The van der Waals surface area contributed by atoms with E-state index in [1.807, 2.05) is 13.8 Å². The second-order valence-corrected chi connectivity index (χ2v) is 4.01. The van der Waals surface area contributed by atoms with Gasteiger partial charge in [-0.05, 0) is 18.8 Å². The summed E-state index contributed by atoms with van der Waals surface area (Å²) in [5.41, 5.74) is 0. The van der Waals surface area contributed by atoms with Gasteiger partial charge in [0, 0.05) is 0 Å². The van der Waals surface area contributed by atoms with Gasteiger partial charge in [-0.3, -0.25) is 9.59 Å². The van der Waals surface area contributed by atoms with Crippen molar-refractivity contribution in [3.8, 4) is 0 Å². The van der Waals surface area contributed by atoms with E-state index >= 15 is 0 Å². The highest BCUT2D eigenvalue weighted by Crippen LogP contribution is 2.20. The summed E-state index contributed by atoms with van der Waals surface area (Å²) in [7, 11) is 0. The third-order valence-corrected chi connectivity index (χ3v) is 2.45. The molecule has 4 heteroatoms. The Kier molecular flexibility index (Phi) is 5.20. The Hall–Kier alpha value is -1.06. The van der Waals surface area contributed by atoms with Crippen molar-refractivity contribution in [3.63, 3.8) is 0 Å². The van der Waals surface area contributed by atoms with Crippen molar-refractivity contribution < 1.29 is 19.8 Å². The average molecular weight is 202 g/mol. The lowest BCUT2D eigenvalue weighted by Crippen LogP contribution is -2.21. The average Bonchev–Trinajstić information content (AvgIpc) is 2.02. The first-order chi connectivity index (χ1) is 6.36. The Morgan fingerprint density at radius 1 is 1.00 bits per heavy atom. The van der Waals surface area contributed by atoms with E-state index in [-0.39, 0.29) is 5.92 Å². The van der Waals surface area contributed by atoms with Gasteiger partial charge in [0.15, 0.2) is 0 Å². The van der Waals surface area contributed by atoms with E-state index in [0.29, 0.717) is 12.8 Å². The van der Waals surface area contributed by atoms with Crippen molar-refractivity contribution in [2.75, 3.05) is 0 Å². The third kappa shape index (κ3) is 4.25. The molecule has 4 nitrogen and oxygen atoms in total. The summed E-state index contributed by atoms with van der Waals surface area (Å²) in [5, 5.41) is 17.5. The number of carboxylic acid groups (broad SMARTS) is 2. The van der Waals surface area contributed by atoms with Crippen LogP contribution in [0.1, 0.15) is 33.6 Å². The van der Waals surface area contributed by atoms with Crippen LogP contribution in [0.5, 0.6) is 0 Å². The molecule has 2 atom stereocenters. The lowest BCUT2D eigenvalue weighted by molar-refractivity contribution is -0.145. The fraction of sp³-hybridized carbons (Fsp3) is 0.800. The molecule has 0 rings (SSSR count). The van der Waals surface area contributed by atoms with Crippen LogP contribution in [0.2, 0.25) is 0 Å². The summed E-state index contributed by atoms with van der Waals surface area (Å²) >= 11 is 0. The predicted molar refractivity (Wildman–Crippen MR) is 52.0 cm³/mol. The van der Waals surface area contributed by atoms with Crippen LogP contribution in [0, 0.1) is 17.8 Å². The fourth-order valence-corrected chi connectivity index (χ4v) is 1.29. The molecule has 0 bridgehead atoms. The maximum absolute atomic E-state index is 10.8. The van der Waals surface area contributed by atoms with Crippen molar-refractivity contribution in [1.29, 1.82) is 0 Å². The molecule has 0 heterocycles. The van der Waals surface area contributed by atoms with E-state index in [1.54, 1.807) is 6.92 Å². The van der Waals surface area contributed by atoms with Gasteiger partial charge < -0.3 is 10.2 Å². The largest absolute Gasteiger partial charge is 0.481 e. The number of carboxylic acids is 2. The van der Waals surface area contributed by atoms with Crippen LogP contribution in [0.15, 0.2) is 0 Å². The molecule has 14 heavy (non-hydrogen) atoms. The van der Waals surface area contributed by atoms with Gasteiger partial charge in [0.2, 0.25) is 0 Å². The number of aliphatic carboxylic acids is 2. The molecule has 0 aromatic carbocycles. The normalized spacial score (nSPS) is 15.1. The first-order valence-electron chi connectivity index (χ1n) is 4.81. The molecular formula is C10H18O4. The highest BCUT2D eigenvalue weighted by atomic mass is 16.4. The highest BCUT2D eigenvalue weighted by Gasteiger charge is 2.23. The summed E-state index contributed by atoms with van der Waals surface area (Å²) in [4.78, 5) is 21.3. The number of hydrogen-bond acceptors (Lipinski definition) is 2. The molecule has 0 spiro atoms. The van der Waals surface area contributed by atoms with Crippen molar-refractivity contribution in [3.05, 3.63) is 0 Å². The van der Waals surface area contributed by atoms with Gasteiger partial charge in [0.05, 0.1) is 11.8 Å². The van der Waals surface area contributed by atoms with Gasteiger partial charge in [-0.15, -0.1) is 0 Å². The van der Waals surface area contributed by atoms with Crippen molar-refractivity contribution in [2.45, 2.75) is 33.6 Å². The first-order valence-corrected chi connectivity index (χ1v) is 4.81. The van der Waals surface area contributed by atoms with E-state index in [4.69, 9.17) is 10.2 Å². The van der Waals surface area contributed by atoms with E-state index in [2.05, 4.69) is 0 Å². The van der Waals surface area contributed by atoms with Gasteiger partial charge in [-0.2, -0.15) is 0 Å². The maximum Gasteiger partial charge on any atom is 0.306 e. The summed E-state index contributed by atoms with van der Waals surface area (Å²) < 4.78 is 0. The number of hydrogen-bond donors (Lipinski definition) is 2. The maximum atomic E-state index is 10.8. The molecule has 2 N–H and O–H groups in total. The smallest absolute Gasteiger partial charge is 0.306 e. The zero-order valence-corrected chi connectivity index (χ0v) is 8.86. The van der Waals surface area contributed by atoms with E-state index in [0.717, 1.165) is 0 Å². The molecule has 0 aromatic rings. The minimum atomic E-state index is -0.863. The Bertz CT molecular complexity index is 210. The summed E-state index contributed by atoms with van der Waals surface area (Å²) in [6.07, 6.45) is 0.852. The van der Waals surface area contributed by atoms with Crippen LogP contribution < -0.4 is 0 Å². The van der Waals surface area contributed by atoms with Gasteiger partial charge in [-0.1, -0.05) is 20.8 Å². The lowest BCUT2D eigenvalue weighted by atomic mass is 9.88. The molecule has 0 aliphatic heterocycles.